The summed E-state index contributed by atoms with van der Waals surface area (Å²) in [5.41, 5.74) is 9.55. The highest BCUT2D eigenvalue weighted by molar-refractivity contribution is 7.26. The van der Waals surface area contributed by atoms with Crippen molar-refractivity contribution in [2.75, 3.05) is 0 Å². The minimum atomic E-state index is 0.590. The zero-order chi connectivity index (χ0) is 56.4. The number of para-hydroxylation sites is 1. The van der Waals surface area contributed by atoms with Crippen LogP contribution in [0.25, 0.3) is 186 Å². The summed E-state index contributed by atoms with van der Waals surface area (Å²) in [5.74, 6) is 3.70. The quantitative estimate of drug-likeness (QED) is 0.147. The first-order chi connectivity index (χ1) is 42.6. The Morgan fingerprint density at radius 1 is 0.233 bits per heavy atom. The van der Waals surface area contributed by atoms with Crippen molar-refractivity contribution < 1.29 is 4.42 Å². The average Bonchev–Trinajstić information content (AvgIpc) is 2.35. The standard InChI is InChI=1S/C78H44N6OS/c1-3-16-50(17-4-1)73-79-75(53-38-41-66-63(44-53)57-23-9-10-30-65(57)85-66)83-76(80-73)61-28-12-21-47-34-36-49-37-40-56-54(24-13-25-58(56)69(49)71(47)61)52-39-42-67-64(43-52)59-26-14-29-62(72(59)86-67)78-82-74(51-18-5-2-6-19-51)81-77(84-78)60-27-11-20-46-33-35-48-32-31-45-15-7-8-22-55(45)68(48)70(46)60/h1-44H. The summed E-state index contributed by atoms with van der Waals surface area (Å²) in [5, 5.41) is 18.2. The molecule has 7 nitrogen and oxygen atoms in total. The third-order valence-corrected chi connectivity index (χ3v) is 18.4. The summed E-state index contributed by atoms with van der Waals surface area (Å²) in [6, 6.07) is 94.4. The van der Waals surface area contributed by atoms with E-state index < -0.39 is 0 Å². The molecule has 0 bridgehead atoms. The lowest BCUT2D eigenvalue weighted by Gasteiger charge is -2.15. The molecule has 0 saturated carbocycles. The van der Waals surface area contributed by atoms with E-state index in [2.05, 4.69) is 200 Å². The van der Waals surface area contributed by atoms with Crippen molar-refractivity contribution in [2.45, 2.75) is 0 Å². The molecule has 18 aromatic rings. The molecular formula is C78H44N6OS. The molecule has 0 spiro atoms. The molecule has 0 N–H and O–H groups in total. The van der Waals surface area contributed by atoms with E-state index in [4.69, 9.17) is 34.3 Å². The molecule has 0 radical (unpaired) electrons. The van der Waals surface area contributed by atoms with E-state index in [9.17, 15) is 0 Å². The average molecular weight is 1110 g/mol. The predicted molar refractivity (Wildman–Crippen MR) is 356 cm³/mol. The van der Waals surface area contributed by atoms with Gasteiger partial charge in [-0.25, -0.2) is 29.9 Å². The van der Waals surface area contributed by atoms with Crippen molar-refractivity contribution in [1.29, 1.82) is 0 Å². The summed E-state index contributed by atoms with van der Waals surface area (Å²) in [6.07, 6.45) is 0. The van der Waals surface area contributed by atoms with E-state index in [1.54, 1.807) is 11.3 Å². The normalized spacial score (nSPS) is 12.0. The summed E-state index contributed by atoms with van der Waals surface area (Å²) in [4.78, 5) is 31.9. The summed E-state index contributed by atoms with van der Waals surface area (Å²) >= 11 is 1.78. The van der Waals surface area contributed by atoms with Gasteiger partial charge in [-0.2, -0.15) is 0 Å². The number of thiophene rings is 1. The van der Waals surface area contributed by atoms with Crippen LogP contribution in [0.5, 0.6) is 0 Å². The van der Waals surface area contributed by atoms with Gasteiger partial charge in [0.25, 0.3) is 0 Å². The molecule has 398 valence electrons. The third kappa shape index (κ3) is 7.67. The van der Waals surface area contributed by atoms with Gasteiger partial charge in [-0.1, -0.05) is 224 Å². The molecule has 0 aliphatic carbocycles. The molecule has 0 atom stereocenters. The smallest absolute Gasteiger partial charge is 0.165 e. The van der Waals surface area contributed by atoms with Crippen molar-refractivity contribution in [1.82, 2.24) is 29.9 Å². The largest absolute Gasteiger partial charge is 0.456 e. The number of hydrogen-bond donors (Lipinski definition) is 0. The van der Waals surface area contributed by atoms with Crippen LogP contribution >= 0.6 is 11.3 Å². The van der Waals surface area contributed by atoms with E-state index in [0.29, 0.717) is 34.9 Å². The van der Waals surface area contributed by atoms with Gasteiger partial charge >= 0.3 is 0 Å². The Balaban J connectivity index is 0.790. The Labute approximate surface area is 495 Å². The molecule has 14 aromatic carbocycles. The molecule has 0 fully saturated rings. The van der Waals surface area contributed by atoms with Crippen LogP contribution in [0.15, 0.2) is 271 Å². The minimum Gasteiger partial charge on any atom is -0.456 e. The lowest BCUT2D eigenvalue weighted by Crippen LogP contribution is -2.01. The van der Waals surface area contributed by atoms with Crippen LogP contribution in [0.3, 0.4) is 0 Å². The second-order valence-corrected chi connectivity index (χ2v) is 23.1. The summed E-state index contributed by atoms with van der Waals surface area (Å²) in [7, 11) is 0. The van der Waals surface area contributed by atoms with Crippen LogP contribution in [-0.4, -0.2) is 29.9 Å². The van der Waals surface area contributed by atoms with Gasteiger partial charge in [0.15, 0.2) is 34.9 Å². The number of aromatic nitrogens is 6. The molecule has 0 aliphatic rings. The lowest BCUT2D eigenvalue weighted by molar-refractivity contribution is 0.669. The van der Waals surface area contributed by atoms with E-state index >= 15 is 0 Å². The van der Waals surface area contributed by atoms with Crippen LogP contribution in [0, 0.1) is 0 Å². The highest BCUT2D eigenvalue weighted by Gasteiger charge is 2.22. The zero-order valence-electron chi connectivity index (χ0n) is 45.9. The highest BCUT2D eigenvalue weighted by atomic mass is 32.1. The molecular weight excluding hydrogens is 1070 g/mol. The molecule has 18 rings (SSSR count). The molecule has 4 heterocycles. The molecule has 8 heteroatoms. The number of rotatable bonds is 7. The molecule has 0 unspecified atom stereocenters. The fraction of sp³-hybridized carbons (Fsp3) is 0. The van der Waals surface area contributed by atoms with Crippen LogP contribution in [0.4, 0.5) is 0 Å². The monoisotopic (exact) mass is 1110 g/mol. The second-order valence-electron chi connectivity index (χ2n) is 22.0. The minimum absolute atomic E-state index is 0.590. The summed E-state index contributed by atoms with van der Waals surface area (Å²) in [6.45, 7) is 0. The first-order valence-corrected chi connectivity index (χ1v) is 29.6. The molecule has 86 heavy (non-hydrogen) atoms. The molecule has 0 aliphatic heterocycles. The van der Waals surface area contributed by atoms with E-state index in [0.717, 1.165) is 120 Å². The lowest BCUT2D eigenvalue weighted by atomic mass is 9.90. The fourth-order valence-electron chi connectivity index (χ4n) is 13.1. The molecule has 4 aromatic heterocycles. The Morgan fingerprint density at radius 3 is 1.38 bits per heavy atom. The van der Waals surface area contributed by atoms with E-state index in [1.165, 1.54) is 31.6 Å². The predicted octanol–water partition coefficient (Wildman–Crippen LogP) is 20.9. The first-order valence-electron chi connectivity index (χ1n) is 28.8. The van der Waals surface area contributed by atoms with Crippen LogP contribution < -0.4 is 0 Å². The van der Waals surface area contributed by atoms with Crippen LogP contribution in [-0.2, 0) is 0 Å². The van der Waals surface area contributed by atoms with Gasteiger partial charge in [-0.05, 0) is 107 Å². The number of furan rings is 1. The van der Waals surface area contributed by atoms with Gasteiger partial charge < -0.3 is 4.42 Å². The van der Waals surface area contributed by atoms with Crippen molar-refractivity contribution >= 4 is 118 Å². The van der Waals surface area contributed by atoms with Gasteiger partial charge in [-0.15, -0.1) is 11.3 Å². The number of nitrogens with zero attached hydrogens (tertiary/aromatic N) is 6. The van der Waals surface area contributed by atoms with Crippen LogP contribution in [0.2, 0.25) is 0 Å². The topological polar surface area (TPSA) is 90.5 Å². The first kappa shape index (κ1) is 48.2. The summed E-state index contributed by atoms with van der Waals surface area (Å²) < 4.78 is 8.55. The number of fused-ring (bicyclic) bond motifs is 16. The van der Waals surface area contributed by atoms with Crippen molar-refractivity contribution in [2.24, 2.45) is 0 Å². The van der Waals surface area contributed by atoms with E-state index in [1.807, 2.05) is 66.7 Å². The van der Waals surface area contributed by atoms with Gasteiger partial charge in [0.1, 0.15) is 11.2 Å². The Kier molecular flexibility index (Phi) is 10.7. The number of hydrogen-bond acceptors (Lipinski definition) is 8. The maximum Gasteiger partial charge on any atom is 0.165 e. The van der Waals surface area contributed by atoms with E-state index in [-0.39, 0.29) is 0 Å². The zero-order valence-corrected chi connectivity index (χ0v) is 46.7. The maximum atomic E-state index is 6.24. The van der Waals surface area contributed by atoms with Gasteiger partial charge in [-0.3, -0.25) is 0 Å². The molecule has 0 amide bonds. The van der Waals surface area contributed by atoms with Crippen molar-refractivity contribution in [3.63, 3.8) is 0 Å². The second kappa shape index (κ2) is 19.1. The Morgan fingerprint density at radius 2 is 0.686 bits per heavy atom. The van der Waals surface area contributed by atoms with Crippen molar-refractivity contribution in [3.05, 3.63) is 267 Å². The highest BCUT2D eigenvalue weighted by Crippen LogP contribution is 2.46. The van der Waals surface area contributed by atoms with Crippen molar-refractivity contribution in [3.8, 4) is 79.5 Å². The van der Waals surface area contributed by atoms with Gasteiger partial charge in [0.2, 0.25) is 0 Å². The third-order valence-electron chi connectivity index (χ3n) is 17.1. The van der Waals surface area contributed by atoms with Crippen LogP contribution in [0.1, 0.15) is 0 Å². The fourth-order valence-corrected chi connectivity index (χ4v) is 14.3. The Bertz CT molecular complexity index is 5850. The van der Waals surface area contributed by atoms with Gasteiger partial charge in [0.05, 0.1) is 0 Å². The SMILES string of the molecule is c1ccc(-c2nc(-c3cccc4c3sc3ccc(-c5cccc6c5ccc5ccc7cccc(-c8nc(-c9ccccc9)nc(-c9ccc%10oc%11ccccc%11c%10c9)n8)c7c56)cc34)nc(-c3cccc4ccc5ccc6ccccc6c5c34)n2)cc1. The Hall–Kier alpha value is -11.3. The maximum absolute atomic E-state index is 6.24. The number of benzene rings is 14. The van der Waals surface area contributed by atoms with Gasteiger partial charge in [0, 0.05) is 75.1 Å². The molecule has 0 saturated heterocycles.